The number of ether oxygens (including phenoxy) is 2. The highest BCUT2D eigenvalue weighted by atomic mass is 19.4. The summed E-state index contributed by atoms with van der Waals surface area (Å²) < 4.78 is 54.3. The van der Waals surface area contributed by atoms with E-state index in [0.29, 0.717) is 19.6 Å². The lowest BCUT2D eigenvalue weighted by Gasteiger charge is -2.42. The summed E-state index contributed by atoms with van der Waals surface area (Å²) in [5, 5.41) is 8.06. The molecule has 188 valence electrons. The maximum Gasteiger partial charge on any atom is 0.416 e. The van der Waals surface area contributed by atoms with Crippen LogP contribution in [-0.2, 0) is 45.9 Å². The molecule has 2 N–H and O–H groups in total. The van der Waals surface area contributed by atoms with Crippen molar-refractivity contribution in [2.45, 2.75) is 30.8 Å². The number of aryl methyl sites for hydroxylation is 1. The van der Waals surface area contributed by atoms with Gasteiger partial charge >= 0.3 is 6.18 Å². The summed E-state index contributed by atoms with van der Waals surface area (Å²) in [6.45, 7) is 0.632. The molecule has 36 heavy (non-hydrogen) atoms. The lowest BCUT2D eigenvalue weighted by Crippen LogP contribution is -2.49. The molecule has 0 saturated carbocycles. The first-order chi connectivity index (χ1) is 17.2. The largest absolute Gasteiger partial charge is 0.439 e. The third-order valence-electron chi connectivity index (χ3n) is 6.69. The van der Waals surface area contributed by atoms with E-state index < -0.39 is 34.9 Å². The van der Waals surface area contributed by atoms with Gasteiger partial charge in [-0.2, -0.15) is 13.2 Å². The number of aromatic nitrogens is 3. The monoisotopic (exact) mass is 501 g/mol. The van der Waals surface area contributed by atoms with Gasteiger partial charge in [0.1, 0.15) is 12.2 Å². The second kappa shape index (κ2) is 8.71. The number of anilines is 1. The first-order valence-corrected chi connectivity index (χ1v) is 11.1. The molecule has 1 saturated heterocycles. The number of carbonyl (C=O) groups is 2. The maximum absolute atomic E-state index is 14.0. The summed E-state index contributed by atoms with van der Waals surface area (Å²) in [4.78, 5) is 25.9. The van der Waals surface area contributed by atoms with Crippen molar-refractivity contribution in [1.29, 1.82) is 0 Å². The van der Waals surface area contributed by atoms with Crippen molar-refractivity contribution < 1.29 is 32.2 Å². The number of hydrogen-bond acceptors (Lipinski definition) is 7. The summed E-state index contributed by atoms with van der Waals surface area (Å²) >= 11 is 0. The molecule has 2 aromatic carbocycles. The van der Waals surface area contributed by atoms with E-state index in [-0.39, 0.29) is 29.8 Å². The zero-order valence-electron chi connectivity index (χ0n) is 19.2. The highest BCUT2D eigenvalue weighted by Crippen LogP contribution is 2.46. The Kier molecular flexibility index (Phi) is 5.80. The molecule has 0 spiro atoms. The number of halogens is 3. The molecule has 12 heteroatoms. The van der Waals surface area contributed by atoms with Crippen molar-refractivity contribution in [2.24, 2.45) is 12.8 Å². The van der Waals surface area contributed by atoms with Gasteiger partial charge in [-0.3, -0.25) is 14.5 Å². The Morgan fingerprint density at radius 1 is 1.28 bits per heavy atom. The summed E-state index contributed by atoms with van der Waals surface area (Å²) in [7, 11) is 1.83. The van der Waals surface area contributed by atoms with Crippen LogP contribution in [0.2, 0.25) is 0 Å². The number of amides is 1. The molecule has 1 amide bonds. The van der Waals surface area contributed by atoms with Crippen LogP contribution in [0.5, 0.6) is 0 Å². The Hall–Kier alpha value is -3.77. The van der Waals surface area contributed by atoms with Crippen molar-refractivity contribution in [3.63, 3.8) is 0 Å². The topological polar surface area (TPSA) is 113 Å². The third kappa shape index (κ3) is 3.82. The van der Waals surface area contributed by atoms with Crippen LogP contribution < -0.4 is 10.6 Å². The normalized spacial score (nSPS) is 18.6. The summed E-state index contributed by atoms with van der Waals surface area (Å²) in [6, 6.07) is 9.05. The van der Waals surface area contributed by atoms with Crippen LogP contribution in [-0.4, -0.2) is 40.4 Å². The summed E-state index contributed by atoms with van der Waals surface area (Å²) in [5.41, 5.74) is 4.68. The standard InChI is InChI=1S/C24H22F3N5O4/c1-31-12-29-30-19(31)8-23(10-35-11-23)15-3-2-4-16(7-15)32-21(34)17-5-14(9-28)6-18(24(25,26)27)20(17)22(32)36-13-33/h2-7,12-13,22H,8-11,28H2,1H3. The van der Waals surface area contributed by atoms with Gasteiger partial charge in [0.05, 0.1) is 18.8 Å². The van der Waals surface area contributed by atoms with E-state index in [1.165, 1.54) is 6.07 Å². The molecule has 3 heterocycles. The zero-order chi connectivity index (χ0) is 25.7. The van der Waals surface area contributed by atoms with Gasteiger partial charge in [-0.15, -0.1) is 10.2 Å². The second-order valence-corrected chi connectivity index (χ2v) is 8.92. The predicted molar refractivity (Wildman–Crippen MR) is 120 cm³/mol. The van der Waals surface area contributed by atoms with Gasteiger partial charge in [0.25, 0.3) is 12.4 Å². The fourth-order valence-electron chi connectivity index (χ4n) is 4.78. The molecule has 3 aromatic rings. The van der Waals surface area contributed by atoms with Gasteiger partial charge in [-0.25, -0.2) is 0 Å². The van der Waals surface area contributed by atoms with Crippen molar-refractivity contribution >= 4 is 18.1 Å². The van der Waals surface area contributed by atoms with E-state index >= 15 is 0 Å². The van der Waals surface area contributed by atoms with Crippen LogP contribution in [0.1, 0.15) is 44.7 Å². The molecule has 1 atom stereocenters. The number of benzene rings is 2. The van der Waals surface area contributed by atoms with Crippen LogP contribution >= 0.6 is 0 Å². The van der Waals surface area contributed by atoms with Gasteiger partial charge in [0.2, 0.25) is 6.23 Å². The van der Waals surface area contributed by atoms with Crippen LogP contribution in [0.25, 0.3) is 0 Å². The van der Waals surface area contributed by atoms with Crippen LogP contribution in [0.3, 0.4) is 0 Å². The highest BCUT2D eigenvalue weighted by Gasteiger charge is 2.48. The van der Waals surface area contributed by atoms with E-state index in [1.807, 2.05) is 13.1 Å². The predicted octanol–water partition coefficient (Wildman–Crippen LogP) is 2.64. The molecule has 0 bridgehead atoms. The van der Waals surface area contributed by atoms with Crippen molar-refractivity contribution in [3.8, 4) is 0 Å². The molecule has 0 radical (unpaired) electrons. The molecule has 1 unspecified atom stereocenters. The number of carbonyl (C=O) groups excluding carboxylic acids is 2. The molecular weight excluding hydrogens is 479 g/mol. The van der Waals surface area contributed by atoms with E-state index in [1.54, 1.807) is 29.1 Å². The van der Waals surface area contributed by atoms with Gasteiger partial charge in [0.15, 0.2) is 0 Å². The smallest absolute Gasteiger partial charge is 0.416 e. The van der Waals surface area contributed by atoms with E-state index in [9.17, 15) is 22.8 Å². The number of hydrogen-bond donors (Lipinski definition) is 1. The van der Waals surface area contributed by atoms with Crippen LogP contribution in [0, 0.1) is 0 Å². The number of nitrogens with two attached hydrogens (primary N) is 1. The Bertz CT molecular complexity index is 1340. The van der Waals surface area contributed by atoms with E-state index in [0.717, 1.165) is 22.4 Å². The van der Waals surface area contributed by atoms with Gasteiger partial charge < -0.3 is 19.8 Å². The molecule has 2 aliphatic heterocycles. The minimum absolute atomic E-state index is 0.0379. The molecular formula is C24H22F3N5O4. The quantitative estimate of drug-likeness (QED) is 0.496. The molecule has 9 nitrogen and oxygen atoms in total. The summed E-state index contributed by atoms with van der Waals surface area (Å²) in [6.07, 6.45) is -4.28. The summed E-state index contributed by atoms with van der Waals surface area (Å²) in [5.74, 6) is 0.0154. The van der Waals surface area contributed by atoms with Gasteiger partial charge in [0, 0.05) is 42.2 Å². The molecule has 1 aromatic heterocycles. The van der Waals surface area contributed by atoms with Crippen molar-refractivity contribution in [1.82, 2.24) is 14.8 Å². The first-order valence-electron chi connectivity index (χ1n) is 11.1. The van der Waals surface area contributed by atoms with Crippen LogP contribution in [0.15, 0.2) is 42.7 Å². The molecule has 5 rings (SSSR count). The minimum Gasteiger partial charge on any atom is -0.439 e. The Morgan fingerprint density at radius 3 is 2.64 bits per heavy atom. The highest BCUT2D eigenvalue weighted by molar-refractivity contribution is 6.11. The first kappa shape index (κ1) is 23.9. The minimum atomic E-state index is -4.79. The molecule has 1 fully saturated rings. The van der Waals surface area contributed by atoms with Gasteiger partial charge in [-0.05, 0) is 35.4 Å². The van der Waals surface area contributed by atoms with Crippen molar-refractivity contribution in [3.05, 3.63) is 76.4 Å². The number of nitrogens with zero attached hydrogens (tertiary/aromatic N) is 4. The Labute approximate surface area is 203 Å². The fourth-order valence-corrected chi connectivity index (χ4v) is 4.78. The Balaban J connectivity index is 1.59. The zero-order valence-corrected chi connectivity index (χ0v) is 19.2. The SMILES string of the molecule is Cn1cnnc1CC1(c2cccc(N3C(=O)c4cc(CN)cc(C(F)(F)F)c4C3OC=O)c2)COC1. The number of fused-ring (bicyclic) bond motifs is 1. The average molecular weight is 501 g/mol. The van der Waals surface area contributed by atoms with E-state index in [4.69, 9.17) is 15.2 Å². The molecule has 2 aliphatic rings. The lowest BCUT2D eigenvalue weighted by molar-refractivity contribution is -0.142. The lowest BCUT2D eigenvalue weighted by atomic mass is 9.75. The van der Waals surface area contributed by atoms with Crippen LogP contribution in [0.4, 0.5) is 18.9 Å². The number of alkyl halides is 3. The fraction of sp³-hybridized carbons (Fsp3) is 0.333. The number of rotatable bonds is 7. The Morgan fingerprint density at radius 2 is 2.06 bits per heavy atom. The molecule has 0 aliphatic carbocycles. The second-order valence-electron chi connectivity index (χ2n) is 8.92. The van der Waals surface area contributed by atoms with Crippen molar-refractivity contribution in [2.75, 3.05) is 18.1 Å². The van der Waals surface area contributed by atoms with Gasteiger partial charge in [-0.1, -0.05) is 12.1 Å². The maximum atomic E-state index is 14.0. The van der Waals surface area contributed by atoms with E-state index in [2.05, 4.69) is 10.2 Å². The third-order valence-corrected chi connectivity index (χ3v) is 6.69. The average Bonchev–Trinajstić information content (AvgIpc) is 3.35.